The van der Waals surface area contributed by atoms with Crippen molar-refractivity contribution >= 4 is 27.7 Å². The second kappa shape index (κ2) is 7.34. The van der Waals surface area contributed by atoms with E-state index in [0.717, 1.165) is 42.8 Å². The van der Waals surface area contributed by atoms with Crippen LogP contribution in [-0.4, -0.2) is 52.3 Å². The van der Waals surface area contributed by atoms with E-state index in [0.29, 0.717) is 11.5 Å². The van der Waals surface area contributed by atoms with Crippen molar-refractivity contribution in [3.63, 3.8) is 0 Å². The summed E-state index contributed by atoms with van der Waals surface area (Å²) in [5.74, 6) is 1.60. The van der Waals surface area contributed by atoms with Crippen LogP contribution in [0.2, 0.25) is 0 Å². The summed E-state index contributed by atoms with van der Waals surface area (Å²) in [5.41, 5.74) is 0.650. The van der Waals surface area contributed by atoms with Gasteiger partial charge in [-0.25, -0.2) is 4.98 Å². The van der Waals surface area contributed by atoms with E-state index in [-0.39, 0.29) is 5.91 Å². The number of piperidine rings is 1. The van der Waals surface area contributed by atoms with Crippen LogP contribution in [0.4, 0.5) is 5.82 Å². The van der Waals surface area contributed by atoms with E-state index < -0.39 is 0 Å². The van der Waals surface area contributed by atoms with Crippen LogP contribution < -0.4 is 4.90 Å². The minimum atomic E-state index is 0.0418. The summed E-state index contributed by atoms with van der Waals surface area (Å²) in [6.45, 7) is 2.75. The molecule has 0 saturated carbocycles. The van der Waals surface area contributed by atoms with E-state index in [1.165, 1.54) is 0 Å². The van der Waals surface area contributed by atoms with Gasteiger partial charge in [0, 0.05) is 50.6 Å². The van der Waals surface area contributed by atoms with E-state index in [2.05, 4.69) is 30.9 Å². The molecule has 2 aromatic heterocycles. The van der Waals surface area contributed by atoms with Crippen LogP contribution >= 0.6 is 15.9 Å². The quantitative estimate of drug-likeness (QED) is 0.803. The number of carbonyl (C=O) groups excluding carboxylic acids is 1. The van der Waals surface area contributed by atoms with E-state index in [9.17, 15) is 4.79 Å². The Bertz CT molecular complexity index is 691. The molecule has 24 heavy (non-hydrogen) atoms. The van der Waals surface area contributed by atoms with Crippen molar-refractivity contribution in [1.29, 1.82) is 0 Å². The summed E-state index contributed by atoms with van der Waals surface area (Å²) >= 11 is 3.42. The molecule has 128 valence electrons. The Morgan fingerprint density at radius 3 is 2.67 bits per heavy atom. The highest BCUT2D eigenvalue weighted by Gasteiger charge is 2.23. The molecule has 0 aliphatic carbocycles. The highest BCUT2D eigenvalue weighted by atomic mass is 79.9. The molecule has 3 rings (SSSR count). The Labute approximate surface area is 150 Å². The van der Waals surface area contributed by atoms with Crippen LogP contribution in [0.3, 0.4) is 0 Å². The number of anilines is 1. The summed E-state index contributed by atoms with van der Waals surface area (Å²) in [7, 11) is 3.70. The van der Waals surface area contributed by atoms with E-state index in [1.807, 2.05) is 37.3 Å². The Kier molecular flexibility index (Phi) is 5.18. The second-order valence-corrected chi connectivity index (χ2v) is 7.27. The SMILES string of the molecule is CN(CC1CCN(c2ccc(Br)cn2)CC1)C(=O)c1cnn(C)c1. The molecule has 1 aliphatic heterocycles. The first-order chi connectivity index (χ1) is 11.5. The maximum absolute atomic E-state index is 12.4. The number of hydrogen-bond acceptors (Lipinski definition) is 4. The van der Waals surface area contributed by atoms with Gasteiger partial charge in [-0.2, -0.15) is 5.10 Å². The lowest BCUT2D eigenvalue weighted by molar-refractivity contribution is 0.0765. The predicted molar refractivity (Wildman–Crippen MR) is 97.0 cm³/mol. The number of rotatable bonds is 4. The Hall–Kier alpha value is -1.89. The average molecular weight is 392 g/mol. The lowest BCUT2D eigenvalue weighted by atomic mass is 9.96. The van der Waals surface area contributed by atoms with Crippen LogP contribution in [-0.2, 0) is 7.05 Å². The van der Waals surface area contributed by atoms with Crippen LogP contribution in [0.25, 0.3) is 0 Å². The largest absolute Gasteiger partial charge is 0.357 e. The molecule has 0 radical (unpaired) electrons. The minimum Gasteiger partial charge on any atom is -0.357 e. The van der Waals surface area contributed by atoms with Gasteiger partial charge < -0.3 is 9.80 Å². The zero-order chi connectivity index (χ0) is 17.1. The summed E-state index contributed by atoms with van der Waals surface area (Å²) < 4.78 is 2.65. The van der Waals surface area contributed by atoms with Crippen LogP contribution in [0.15, 0.2) is 35.2 Å². The smallest absolute Gasteiger partial charge is 0.256 e. The Morgan fingerprint density at radius 1 is 1.33 bits per heavy atom. The number of hydrogen-bond donors (Lipinski definition) is 0. The monoisotopic (exact) mass is 391 g/mol. The summed E-state index contributed by atoms with van der Waals surface area (Å²) in [4.78, 5) is 21.0. The van der Waals surface area contributed by atoms with Crippen molar-refractivity contribution in [3.8, 4) is 0 Å². The number of amides is 1. The predicted octanol–water partition coefficient (Wildman–Crippen LogP) is 2.57. The van der Waals surface area contributed by atoms with Crippen molar-refractivity contribution in [2.45, 2.75) is 12.8 Å². The van der Waals surface area contributed by atoms with E-state index in [4.69, 9.17) is 0 Å². The average Bonchev–Trinajstić information content (AvgIpc) is 3.02. The van der Waals surface area contributed by atoms with Gasteiger partial charge in [-0.05, 0) is 46.8 Å². The van der Waals surface area contributed by atoms with Gasteiger partial charge in [-0.1, -0.05) is 0 Å². The minimum absolute atomic E-state index is 0.0418. The van der Waals surface area contributed by atoms with Gasteiger partial charge >= 0.3 is 0 Å². The standard InChI is InChI=1S/C17H22BrN5O/c1-21(17(24)14-9-20-22(2)12-14)11-13-5-7-23(8-6-13)16-4-3-15(18)10-19-16/h3-4,9-10,12-13H,5-8,11H2,1-2H3. The topological polar surface area (TPSA) is 54.3 Å². The highest BCUT2D eigenvalue weighted by Crippen LogP contribution is 2.23. The van der Waals surface area contributed by atoms with Crippen molar-refractivity contribution in [1.82, 2.24) is 19.7 Å². The fourth-order valence-electron chi connectivity index (χ4n) is 3.12. The lowest BCUT2D eigenvalue weighted by Gasteiger charge is -2.34. The maximum Gasteiger partial charge on any atom is 0.256 e. The fraction of sp³-hybridized carbons (Fsp3) is 0.471. The molecule has 1 fully saturated rings. The van der Waals surface area contributed by atoms with Gasteiger partial charge in [0.15, 0.2) is 0 Å². The van der Waals surface area contributed by atoms with Gasteiger partial charge in [0.2, 0.25) is 0 Å². The summed E-state index contributed by atoms with van der Waals surface area (Å²) in [6, 6.07) is 4.07. The zero-order valence-electron chi connectivity index (χ0n) is 14.0. The van der Waals surface area contributed by atoms with Crippen molar-refractivity contribution in [2.24, 2.45) is 13.0 Å². The van der Waals surface area contributed by atoms with Crippen molar-refractivity contribution in [3.05, 3.63) is 40.8 Å². The Balaban J connectivity index is 1.51. The normalized spacial score (nSPS) is 15.5. The van der Waals surface area contributed by atoms with E-state index in [1.54, 1.807) is 17.1 Å². The zero-order valence-corrected chi connectivity index (χ0v) is 15.6. The Morgan fingerprint density at radius 2 is 2.08 bits per heavy atom. The summed E-state index contributed by atoms with van der Waals surface area (Å²) in [5, 5.41) is 4.07. The van der Waals surface area contributed by atoms with E-state index >= 15 is 0 Å². The molecule has 0 unspecified atom stereocenters. The number of aromatic nitrogens is 3. The molecule has 1 amide bonds. The lowest BCUT2D eigenvalue weighted by Crippen LogP contribution is -2.39. The van der Waals surface area contributed by atoms with Gasteiger partial charge in [-0.15, -0.1) is 0 Å². The first-order valence-electron chi connectivity index (χ1n) is 8.13. The molecule has 1 saturated heterocycles. The van der Waals surface area contributed by atoms with Gasteiger partial charge in [-0.3, -0.25) is 9.48 Å². The number of pyridine rings is 1. The molecule has 0 spiro atoms. The van der Waals surface area contributed by atoms with Gasteiger partial charge in [0.25, 0.3) is 5.91 Å². The molecular formula is C17H22BrN5O. The van der Waals surface area contributed by atoms with Crippen molar-refractivity contribution < 1.29 is 4.79 Å². The molecule has 7 heteroatoms. The second-order valence-electron chi connectivity index (χ2n) is 6.35. The third kappa shape index (κ3) is 3.95. The fourth-order valence-corrected chi connectivity index (χ4v) is 3.36. The van der Waals surface area contributed by atoms with Crippen molar-refractivity contribution in [2.75, 3.05) is 31.6 Å². The number of carbonyl (C=O) groups is 1. The number of halogens is 1. The molecule has 0 atom stereocenters. The first-order valence-corrected chi connectivity index (χ1v) is 8.93. The molecule has 1 aliphatic rings. The number of aryl methyl sites for hydroxylation is 1. The molecule has 3 heterocycles. The van der Waals surface area contributed by atoms with Crippen LogP contribution in [0.1, 0.15) is 23.2 Å². The molecular weight excluding hydrogens is 370 g/mol. The molecule has 2 aromatic rings. The first kappa shape index (κ1) is 17.0. The number of nitrogens with zero attached hydrogens (tertiary/aromatic N) is 5. The third-order valence-corrected chi connectivity index (χ3v) is 4.95. The molecule has 6 nitrogen and oxygen atoms in total. The maximum atomic E-state index is 12.4. The molecule has 0 aromatic carbocycles. The van der Waals surface area contributed by atoms with Crippen LogP contribution in [0, 0.1) is 5.92 Å². The highest BCUT2D eigenvalue weighted by molar-refractivity contribution is 9.10. The van der Waals surface area contributed by atoms with Gasteiger partial charge in [0.1, 0.15) is 5.82 Å². The molecule has 0 N–H and O–H groups in total. The third-order valence-electron chi connectivity index (χ3n) is 4.48. The summed E-state index contributed by atoms with van der Waals surface area (Å²) in [6.07, 6.45) is 7.37. The van der Waals surface area contributed by atoms with Gasteiger partial charge in [0.05, 0.1) is 11.8 Å². The molecule has 0 bridgehead atoms. The van der Waals surface area contributed by atoms with Crippen LogP contribution in [0.5, 0.6) is 0 Å².